The van der Waals surface area contributed by atoms with Gasteiger partial charge in [0, 0.05) is 37.9 Å². The van der Waals surface area contributed by atoms with E-state index in [0.29, 0.717) is 16.8 Å². The highest BCUT2D eigenvalue weighted by Crippen LogP contribution is 2.43. The zero-order chi connectivity index (χ0) is 21.1. The molecule has 0 aliphatic carbocycles. The summed E-state index contributed by atoms with van der Waals surface area (Å²) in [5, 5.41) is 9.46. The Kier molecular flexibility index (Phi) is 4.66. The van der Waals surface area contributed by atoms with Crippen molar-refractivity contribution in [3.05, 3.63) is 39.4 Å². The molecule has 1 fully saturated rings. The number of carbonyl (C=O) groups is 1. The fourth-order valence-electron chi connectivity index (χ4n) is 4.47. The number of aromatic nitrogens is 1. The van der Waals surface area contributed by atoms with Crippen molar-refractivity contribution in [3.63, 3.8) is 0 Å². The Morgan fingerprint density at radius 1 is 1.28 bits per heavy atom. The number of halogens is 1. The number of carboxylic acid groups (broad SMARTS) is 1. The van der Waals surface area contributed by atoms with Gasteiger partial charge in [0.1, 0.15) is 18.0 Å². The lowest BCUT2D eigenvalue weighted by atomic mass is 9.88. The number of hydrogen-bond acceptors (Lipinski definition) is 5. The molecule has 0 amide bonds. The molecule has 0 radical (unpaired) electrons. The molecule has 29 heavy (non-hydrogen) atoms. The Morgan fingerprint density at radius 3 is 2.55 bits per heavy atom. The van der Waals surface area contributed by atoms with E-state index in [1.807, 2.05) is 20.8 Å². The third kappa shape index (κ3) is 3.02. The van der Waals surface area contributed by atoms with Gasteiger partial charge < -0.3 is 19.3 Å². The van der Waals surface area contributed by atoms with Crippen LogP contribution < -0.4 is 10.2 Å². The van der Waals surface area contributed by atoms with Gasteiger partial charge in [0.25, 0.3) is 0 Å². The monoisotopic (exact) mass is 403 g/mol. The van der Waals surface area contributed by atoms with Crippen LogP contribution in [0.4, 0.5) is 4.39 Å². The zero-order valence-electron chi connectivity index (χ0n) is 17.2. The average molecular weight is 403 g/mol. The maximum Gasteiger partial charge on any atom is 0.341 e. The number of benzene rings is 1. The molecule has 1 aromatic heterocycles. The van der Waals surface area contributed by atoms with E-state index in [9.17, 15) is 14.7 Å². The standard InChI is InChI=1S/C21H26FN3O4/c1-12-11-29-19-16(21(2,3)24-7-5-23(4)6-8-24)15(22)9-13-17(19)25(12)10-14(18(13)26)20(27)28/h9-10,12H,5-8,11H2,1-4H3,(H,27,28)/t12-/m0/s1. The molecule has 3 heterocycles. The van der Waals surface area contributed by atoms with Crippen molar-refractivity contribution < 1.29 is 19.0 Å². The molecule has 2 aromatic rings. The van der Waals surface area contributed by atoms with Crippen molar-refractivity contribution in [2.45, 2.75) is 32.4 Å². The second-order valence-corrected chi connectivity index (χ2v) is 8.55. The summed E-state index contributed by atoms with van der Waals surface area (Å²) in [6, 6.07) is 1.01. The van der Waals surface area contributed by atoms with Crippen LogP contribution in [0.25, 0.3) is 10.9 Å². The summed E-state index contributed by atoms with van der Waals surface area (Å²) in [7, 11) is 2.06. The van der Waals surface area contributed by atoms with Crippen LogP contribution in [0.2, 0.25) is 0 Å². The predicted octanol–water partition coefficient (Wildman–Crippen LogP) is 2.27. The number of pyridine rings is 1. The number of hydrogen-bond donors (Lipinski definition) is 1. The minimum atomic E-state index is -1.32. The maximum absolute atomic E-state index is 15.4. The van der Waals surface area contributed by atoms with Crippen molar-refractivity contribution >= 4 is 16.9 Å². The van der Waals surface area contributed by atoms with E-state index < -0.39 is 22.8 Å². The highest BCUT2D eigenvalue weighted by molar-refractivity contribution is 5.95. The van der Waals surface area contributed by atoms with Crippen LogP contribution in [-0.2, 0) is 5.54 Å². The zero-order valence-corrected chi connectivity index (χ0v) is 17.2. The Bertz CT molecular complexity index is 1050. The summed E-state index contributed by atoms with van der Waals surface area (Å²) in [6.07, 6.45) is 1.36. The van der Waals surface area contributed by atoms with E-state index in [2.05, 4.69) is 16.8 Å². The molecule has 2 aliphatic heterocycles. The van der Waals surface area contributed by atoms with Gasteiger partial charge in [0.15, 0.2) is 5.75 Å². The van der Waals surface area contributed by atoms with Gasteiger partial charge >= 0.3 is 5.97 Å². The van der Waals surface area contributed by atoms with Gasteiger partial charge in [-0.25, -0.2) is 9.18 Å². The summed E-state index contributed by atoms with van der Waals surface area (Å²) in [6.45, 7) is 9.45. The number of aromatic carboxylic acids is 1. The van der Waals surface area contributed by atoms with Crippen molar-refractivity contribution in [1.82, 2.24) is 14.4 Å². The molecular weight excluding hydrogens is 377 g/mol. The number of piperazine rings is 1. The van der Waals surface area contributed by atoms with Crippen molar-refractivity contribution in [1.29, 1.82) is 0 Å². The number of nitrogens with zero attached hydrogens (tertiary/aromatic N) is 3. The number of likely N-dealkylation sites (N-methyl/N-ethyl adjacent to an activating group) is 1. The molecule has 1 aromatic carbocycles. The summed E-state index contributed by atoms with van der Waals surface area (Å²) < 4.78 is 23.2. The Labute approximate surface area is 168 Å². The minimum Gasteiger partial charge on any atom is -0.489 e. The first-order chi connectivity index (χ1) is 13.6. The molecule has 156 valence electrons. The van der Waals surface area contributed by atoms with Crippen LogP contribution in [0.3, 0.4) is 0 Å². The fourth-order valence-corrected chi connectivity index (χ4v) is 4.47. The van der Waals surface area contributed by atoms with Gasteiger partial charge in [0.05, 0.1) is 22.5 Å². The van der Waals surface area contributed by atoms with E-state index in [-0.39, 0.29) is 23.6 Å². The van der Waals surface area contributed by atoms with Crippen LogP contribution in [0.5, 0.6) is 5.75 Å². The maximum atomic E-state index is 15.4. The SMILES string of the molecule is C[C@H]1COc2c(C(C)(C)N3CCN(C)CC3)c(F)cc3c(=O)c(C(=O)O)cn1c23. The number of rotatable bonds is 3. The molecule has 0 unspecified atom stereocenters. The summed E-state index contributed by atoms with van der Waals surface area (Å²) in [5.41, 5.74) is -0.815. The van der Waals surface area contributed by atoms with Gasteiger partial charge in [-0.1, -0.05) is 0 Å². The molecular formula is C21H26FN3O4. The van der Waals surface area contributed by atoms with Gasteiger partial charge in [-0.15, -0.1) is 0 Å². The van der Waals surface area contributed by atoms with Crippen LogP contribution in [-0.4, -0.2) is 65.3 Å². The lowest BCUT2D eigenvalue weighted by molar-refractivity contribution is 0.0556. The van der Waals surface area contributed by atoms with E-state index in [0.717, 1.165) is 26.2 Å². The molecule has 1 saturated heterocycles. The van der Waals surface area contributed by atoms with Crippen LogP contribution in [0.1, 0.15) is 42.7 Å². The smallest absolute Gasteiger partial charge is 0.341 e. The first-order valence-electron chi connectivity index (χ1n) is 9.84. The van der Waals surface area contributed by atoms with E-state index in [1.165, 1.54) is 12.3 Å². The predicted molar refractivity (Wildman–Crippen MR) is 107 cm³/mol. The lowest BCUT2D eigenvalue weighted by Crippen LogP contribution is -2.52. The third-order valence-electron chi connectivity index (χ3n) is 6.30. The van der Waals surface area contributed by atoms with E-state index >= 15 is 4.39 Å². The Morgan fingerprint density at radius 2 is 1.93 bits per heavy atom. The average Bonchev–Trinajstić information content (AvgIpc) is 2.65. The molecule has 1 atom stereocenters. The van der Waals surface area contributed by atoms with Crippen molar-refractivity contribution in [2.75, 3.05) is 39.8 Å². The van der Waals surface area contributed by atoms with Crippen LogP contribution in [0.15, 0.2) is 17.1 Å². The van der Waals surface area contributed by atoms with E-state index in [4.69, 9.17) is 4.74 Å². The molecule has 2 aliphatic rings. The number of ether oxygens (including phenoxy) is 1. The fraction of sp³-hybridized carbons (Fsp3) is 0.524. The second kappa shape index (κ2) is 6.81. The van der Waals surface area contributed by atoms with Gasteiger partial charge in [-0.3, -0.25) is 9.69 Å². The summed E-state index contributed by atoms with van der Waals surface area (Å²) in [5.74, 6) is -1.52. The Hall–Kier alpha value is -2.45. The highest BCUT2D eigenvalue weighted by Gasteiger charge is 2.39. The first-order valence-corrected chi connectivity index (χ1v) is 9.84. The molecule has 0 saturated carbocycles. The first kappa shape index (κ1) is 19.8. The summed E-state index contributed by atoms with van der Waals surface area (Å²) >= 11 is 0. The molecule has 1 N–H and O–H groups in total. The lowest BCUT2D eigenvalue weighted by Gasteiger charge is -2.44. The van der Waals surface area contributed by atoms with Crippen LogP contribution >= 0.6 is 0 Å². The van der Waals surface area contributed by atoms with E-state index in [1.54, 1.807) is 4.57 Å². The van der Waals surface area contributed by atoms with Crippen molar-refractivity contribution in [2.24, 2.45) is 0 Å². The molecule has 0 spiro atoms. The second-order valence-electron chi connectivity index (χ2n) is 8.55. The summed E-state index contributed by atoms with van der Waals surface area (Å²) in [4.78, 5) is 28.7. The number of carboxylic acids is 1. The van der Waals surface area contributed by atoms with Crippen LogP contribution in [0, 0.1) is 5.82 Å². The molecule has 8 heteroatoms. The quantitative estimate of drug-likeness (QED) is 0.848. The third-order valence-corrected chi connectivity index (χ3v) is 6.30. The van der Waals surface area contributed by atoms with Gasteiger partial charge in [0.2, 0.25) is 5.43 Å². The normalized spacial score (nSPS) is 20.7. The van der Waals surface area contributed by atoms with Crippen molar-refractivity contribution in [3.8, 4) is 5.75 Å². The van der Waals surface area contributed by atoms with Gasteiger partial charge in [-0.05, 0) is 33.9 Å². The highest BCUT2D eigenvalue weighted by atomic mass is 19.1. The molecule has 4 rings (SSSR count). The van der Waals surface area contributed by atoms with Gasteiger partial charge in [-0.2, -0.15) is 0 Å². The topological polar surface area (TPSA) is 75.0 Å². The Balaban J connectivity index is 1.98. The molecule has 0 bridgehead atoms. The molecule has 7 nitrogen and oxygen atoms in total. The largest absolute Gasteiger partial charge is 0.489 e. The minimum absolute atomic E-state index is 0.0434.